The van der Waals surface area contributed by atoms with Crippen molar-refractivity contribution in [3.05, 3.63) is 64.7 Å². The summed E-state index contributed by atoms with van der Waals surface area (Å²) in [7, 11) is 0. The number of halogens is 1. The molecular formula is C30H37ClN4O6. The van der Waals surface area contributed by atoms with E-state index in [2.05, 4.69) is 16.0 Å². The number of nitrogens with one attached hydrogen (secondary N) is 3. The van der Waals surface area contributed by atoms with Crippen molar-refractivity contribution in [2.75, 3.05) is 19.7 Å². The van der Waals surface area contributed by atoms with E-state index in [4.69, 9.17) is 21.1 Å². The highest BCUT2D eigenvalue weighted by Crippen LogP contribution is 2.27. The third kappa shape index (κ3) is 9.38. The minimum absolute atomic E-state index is 0.000823. The van der Waals surface area contributed by atoms with Crippen molar-refractivity contribution in [3.8, 4) is 5.75 Å². The largest absolute Gasteiger partial charge is 0.491 e. The SMILES string of the molecule is O=C[C@H](CNC(=O)N1CCOc2ccccc2C1)NC(=O)[C@H](CC1CCCCC1)NC(=O)OCc1cccc(Cl)c1. The second-order valence-electron chi connectivity index (χ2n) is 10.5. The van der Waals surface area contributed by atoms with E-state index in [1.165, 1.54) is 0 Å². The number of ether oxygens (including phenoxy) is 2. The zero-order chi connectivity index (χ0) is 29.0. The Kier molecular flexibility index (Phi) is 11.2. The summed E-state index contributed by atoms with van der Waals surface area (Å²) < 4.78 is 11.0. The minimum Gasteiger partial charge on any atom is -0.491 e. The van der Waals surface area contributed by atoms with Crippen LogP contribution in [0.3, 0.4) is 0 Å². The van der Waals surface area contributed by atoms with Gasteiger partial charge in [-0.1, -0.05) is 74.0 Å². The molecule has 10 nitrogen and oxygen atoms in total. The Morgan fingerprint density at radius 2 is 1.88 bits per heavy atom. The van der Waals surface area contributed by atoms with Crippen LogP contribution in [0.15, 0.2) is 48.5 Å². The van der Waals surface area contributed by atoms with E-state index >= 15 is 0 Å². The fourth-order valence-electron chi connectivity index (χ4n) is 5.17. The third-order valence-corrected chi connectivity index (χ3v) is 7.60. The predicted octanol–water partition coefficient (Wildman–Crippen LogP) is 4.19. The molecule has 1 aliphatic carbocycles. The Morgan fingerprint density at radius 1 is 1.07 bits per heavy atom. The Bertz CT molecular complexity index is 1210. The van der Waals surface area contributed by atoms with Crippen molar-refractivity contribution in [1.82, 2.24) is 20.9 Å². The summed E-state index contributed by atoms with van der Waals surface area (Å²) in [6, 6.07) is 12.3. The Balaban J connectivity index is 1.31. The van der Waals surface area contributed by atoms with Crippen LogP contribution < -0.4 is 20.7 Å². The van der Waals surface area contributed by atoms with Crippen LogP contribution in [-0.2, 0) is 27.5 Å². The lowest BCUT2D eigenvalue weighted by Gasteiger charge is -2.27. The van der Waals surface area contributed by atoms with E-state index in [1.807, 2.05) is 24.3 Å². The number of alkyl carbamates (subject to hydrolysis) is 1. The molecule has 4 rings (SSSR count). The standard InChI is InChI=1S/C30H37ClN4O6/c31-24-11-6-9-22(15-24)20-41-30(39)34-26(16-21-7-2-1-3-8-21)28(37)33-25(19-36)17-32-29(38)35-13-14-40-27-12-5-4-10-23(27)18-35/h4-6,9-12,15,19,21,25-26H,1-3,7-8,13-14,16-18,20H2,(H,32,38)(H,33,37)(H,34,39)/t25-,26-/m0/s1. The van der Waals surface area contributed by atoms with Crippen LogP contribution in [0.1, 0.15) is 49.7 Å². The molecule has 11 heteroatoms. The summed E-state index contributed by atoms with van der Waals surface area (Å²) in [5, 5.41) is 8.62. The van der Waals surface area contributed by atoms with Crippen molar-refractivity contribution in [1.29, 1.82) is 0 Å². The number of rotatable bonds is 10. The van der Waals surface area contributed by atoms with Crippen molar-refractivity contribution in [3.63, 3.8) is 0 Å². The molecule has 220 valence electrons. The quantitative estimate of drug-likeness (QED) is 0.360. The highest BCUT2D eigenvalue weighted by Gasteiger charge is 2.28. The Morgan fingerprint density at radius 3 is 2.66 bits per heavy atom. The first-order valence-electron chi connectivity index (χ1n) is 14.1. The third-order valence-electron chi connectivity index (χ3n) is 7.37. The van der Waals surface area contributed by atoms with Crippen LogP contribution >= 0.6 is 11.6 Å². The molecule has 0 aromatic heterocycles. The molecule has 2 aromatic carbocycles. The van der Waals surface area contributed by atoms with Crippen LogP contribution in [-0.4, -0.2) is 61.0 Å². The van der Waals surface area contributed by atoms with Gasteiger partial charge >= 0.3 is 12.1 Å². The molecule has 2 atom stereocenters. The molecule has 41 heavy (non-hydrogen) atoms. The van der Waals surface area contributed by atoms with Crippen LogP contribution in [0.2, 0.25) is 5.02 Å². The summed E-state index contributed by atoms with van der Waals surface area (Å²) in [4.78, 5) is 52.2. The molecule has 1 aliphatic heterocycles. The number of hydrogen-bond acceptors (Lipinski definition) is 6. The second kappa shape index (κ2) is 15.3. The molecule has 0 saturated heterocycles. The second-order valence-corrected chi connectivity index (χ2v) is 10.9. The first-order chi connectivity index (χ1) is 19.9. The number of para-hydroxylation sites is 1. The molecule has 3 N–H and O–H groups in total. The number of fused-ring (bicyclic) bond motifs is 1. The number of urea groups is 1. The number of aldehydes is 1. The smallest absolute Gasteiger partial charge is 0.408 e. The summed E-state index contributed by atoms with van der Waals surface area (Å²) in [5.41, 5.74) is 1.61. The molecule has 0 bridgehead atoms. The van der Waals surface area contributed by atoms with Crippen molar-refractivity contribution >= 4 is 35.9 Å². The highest BCUT2D eigenvalue weighted by molar-refractivity contribution is 6.30. The first kappa shape index (κ1) is 30.2. The van der Waals surface area contributed by atoms with E-state index in [9.17, 15) is 19.2 Å². The van der Waals surface area contributed by atoms with Gasteiger partial charge in [0.1, 0.15) is 37.3 Å². The zero-order valence-corrected chi connectivity index (χ0v) is 23.7. The van der Waals surface area contributed by atoms with Crippen molar-refractivity contribution < 1.29 is 28.7 Å². The average molecular weight is 585 g/mol. The van der Waals surface area contributed by atoms with Crippen LogP contribution in [0.5, 0.6) is 5.75 Å². The monoisotopic (exact) mass is 584 g/mol. The number of nitrogens with zero attached hydrogens (tertiary/aromatic N) is 1. The summed E-state index contributed by atoms with van der Waals surface area (Å²) in [6.45, 7) is 0.996. The van der Waals surface area contributed by atoms with E-state index in [-0.39, 0.29) is 25.1 Å². The first-order valence-corrected chi connectivity index (χ1v) is 14.5. The van der Waals surface area contributed by atoms with E-state index in [0.717, 1.165) is 49.0 Å². The molecule has 2 aromatic rings. The van der Waals surface area contributed by atoms with E-state index in [0.29, 0.717) is 37.4 Å². The van der Waals surface area contributed by atoms with Gasteiger partial charge in [-0.3, -0.25) is 4.79 Å². The molecule has 1 heterocycles. The number of carbonyl (C=O) groups is 4. The minimum atomic E-state index is -0.972. The lowest BCUT2D eigenvalue weighted by atomic mass is 9.84. The van der Waals surface area contributed by atoms with Gasteiger partial charge in [-0.05, 0) is 36.1 Å². The molecular weight excluding hydrogens is 548 g/mol. The number of amides is 4. The summed E-state index contributed by atoms with van der Waals surface area (Å²) in [5.74, 6) is 0.511. The average Bonchev–Trinajstić information content (AvgIpc) is 3.21. The lowest BCUT2D eigenvalue weighted by molar-refractivity contribution is -0.126. The van der Waals surface area contributed by atoms with Crippen molar-refractivity contribution in [2.45, 2.75) is 63.8 Å². The number of carbonyl (C=O) groups excluding carboxylic acids is 4. The molecule has 0 unspecified atom stereocenters. The van der Waals surface area contributed by atoms with Gasteiger partial charge in [0.05, 0.1) is 13.1 Å². The number of benzene rings is 2. The fourth-order valence-corrected chi connectivity index (χ4v) is 5.38. The van der Waals surface area contributed by atoms with Gasteiger partial charge in [0.15, 0.2) is 0 Å². The maximum Gasteiger partial charge on any atom is 0.408 e. The molecule has 1 saturated carbocycles. The number of hydrogen-bond donors (Lipinski definition) is 3. The Hall–Kier alpha value is -3.79. The summed E-state index contributed by atoms with van der Waals surface area (Å²) >= 11 is 6.00. The molecule has 0 radical (unpaired) electrons. The summed E-state index contributed by atoms with van der Waals surface area (Å²) in [6.07, 6.45) is 5.53. The zero-order valence-electron chi connectivity index (χ0n) is 23.0. The Labute approximate surface area is 245 Å². The molecule has 0 spiro atoms. The highest BCUT2D eigenvalue weighted by atomic mass is 35.5. The topological polar surface area (TPSA) is 126 Å². The lowest BCUT2D eigenvalue weighted by Crippen LogP contribution is -2.54. The van der Waals surface area contributed by atoms with Gasteiger partial charge in [0.2, 0.25) is 5.91 Å². The van der Waals surface area contributed by atoms with Crippen molar-refractivity contribution in [2.24, 2.45) is 5.92 Å². The maximum atomic E-state index is 13.3. The van der Waals surface area contributed by atoms with E-state index in [1.54, 1.807) is 29.2 Å². The predicted molar refractivity (Wildman–Crippen MR) is 153 cm³/mol. The van der Waals surface area contributed by atoms with Gasteiger partial charge in [-0.15, -0.1) is 0 Å². The molecule has 2 aliphatic rings. The van der Waals surface area contributed by atoms with Crippen LogP contribution in [0.4, 0.5) is 9.59 Å². The maximum absolute atomic E-state index is 13.3. The van der Waals surface area contributed by atoms with Crippen LogP contribution in [0.25, 0.3) is 0 Å². The molecule has 1 fully saturated rings. The van der Waals surface area contributed by atoms with Crippen LogP contribution in [0, 0.1) is 5.92 Å². The van der Waals surface area contributed by atoms with Gasteiger partial charge in [0.25, 0.3) is 0 Å². The molecule has 4 amide bonds. The van der Waals surface area contributed by atoms with Gasteiger partial charge in [-0.2, -0.15) is 0 Å². The fraction of sp³-hybridized carbons (Fsp3) is 0.467. The van der Waals surface area contributed by atoms with Gasteiger partial charge in [-0.25, -0.2) is 9.59 Å². The van der Waals surface area contributed by atoms with Gasteiger partial charge in [0, 0.05) is 17.1 Å². The normalized spacial score (nSPS) is 16.7. The van der Waals surface area contributed by atoms with E-state index < -0.39 is 24.1 Å². The van der Waals surface area contributed by atoms with Gasteiger partial charge < -0.3 is 35.1 Å².